The van der Waals surface area contributed by atoms with E-state index in [1.54, 1.807) is 4.68 Å². The van der Waals surface area contributed by atoms with Gasteiger partial charge in [-0.1, -0.05) is 48.2 Å². The molecule has 0 fully saturated rings. The molecule has 0 aliphatic carbocycles. The van der Waals surface area contributed by atoms with E-state index in [4.69, 9.17) is 0 Å². The maximum absolute atomic E-state index is 12.0. The first-order valence-electron chi connectivity index (χ1n) is 7.36. The first-order chi connectivity index (χ1) is 12.3. The smallest absolute Gasteiger partial charge is 0.237 e. The third-order valence-corrected chi connectivity index (χ3v) is 4.36. The number of amides is 1. The number of tetrazole rings is 1. The first-order valence-corrected chi connectivity index (χ1v) is 8.34. The van der Waals surface area contributed by atoms with E-state index in [2.05, 4.69) is 36.0 Å². The van der Waals surface area contributed by atoms with Gasteiger partial charge in [0.05, 0.1) is 11.4 Å². The van der Waals surface area contributed by atoms with Gasteiger partial charge in [-0.2, -0.15) is 14.8 Å². The van der Waals surface area contributed by atoms with Crippen molar-refractivity contribution in [1.29, 1.82) is 0 Å². The summed E-state index contributed by atoms with van der Waals surface area (Å²) in [5, 5.41) is 23.3. The lowest BCUT2D eigenvalue weighted by atomic mass is 10.1. The number of benzene rings is 2. The van der Waals surface area contributed by atoms with E-state index in [0.29, 0.717) is 11.1 Å². The molecule has 2 N–H and O–H groups in total. The van der Waals surface area contributed by atoms with Gasteiger partial charge in [0.1, 0.15) is 6.33 Å². The van der Waals surface area contributed by atoms with Crippen LogP contribution in [0.25, 0.3) is 16.5 Å². The molecule has 0 unspecified atom stereocenters. The van der Waals surface area contributed by atoms with Crippen LogP contribution in [0.3, 0.4) is 0 Å². The van der Waals surface area contributed by atoms with Crippen LogP contribution in [-0.2, 0) is 4.79 Å². The van der Waals surface area contributed by atoms with E-state index in [9.17, 15) is 4.79 Å². The zero-order valence-corrected chi connectivity index (χ0v) is 13.6. The van der Waals surface area contributed by atoms with Crippen LogP contribution in [0.1, 0.15) is 0 Å². The van der Waals surface area contributed by atoms with Gasteiger partial charge >= 0.3 is 0 Å². The maximum Gasteiger partial charge on any atom is 0.237 e. The van der Waals surface area contributed by atoms with Crippen molar-refractivity contribution < 1.29 is 4.79 Å². The number of nitrogens with zero attached hydrogens (tertiary/aromatic N) is 6. The Morgan fingerprint density at radius 1 is 1.20 bits per heavy atom. The van der Waals surface area contributed by atoms with Crippen LogP contribution >= 0.6 is 11.8 Å². The van der Waals surface area contributed by atoms with E-state index in [1.807, 2.05) is 42.5 Å². The Morgan fingerprint density at radius 2 is 2.08 bits per heavy atom. The van der Waals surface area contributed by atoms with E-state index < -0.39 is 0 Å². The topological polar surface area (TPSA) is 114 Å². The fourth-order valence-corrected chi connectivity index (χ4v) is 3.06. The zero-order valence-electron chi connectivity index (χ0n) is 12.8. The molecule has 0 saturated heterocycles. The summed E-state index contributed by atoms with van der Waals surface area (Å²) < 4.78 is 1.63. The van der Waals surface area contributed by atoms with Crippen LogP contribution in [0.15, 0.2) is 53.9 Å². The van der Waals surface area contributed by atoms with Gasteiger partial charge in [0.25, 0.3) is 0 Å². The van der Waals surface area contributed by atoms with Gasteiger partial charge in [-0.3, -0.25) is 10.1 Å². The minimum atomic E-state index is -0.228. The number of rotatable bonds is 5. The quantitative estimate of drug-likeness (QED) is 0.525. The van der Waals surface area contributed by atoms with Gasteiger partial charge < -0.3 is 0 Å². The average molecular weight is 352 g/mol. The van der Waals surface area contributed by atoms with Gasteiger partial charge in [-0.05, 0) is 21.9 Å². The number of aromatic amines is 1. The number of H-pyrrole nitrogens is 1. The lowest BCUT2D eigenvalue weighted by molar-refractivity contribution is -0.113. The summed E-state index contributed by atoms with van der Waals surface area (Å²) >= 11 is 1.24. The molecule has 0 aliphatic rings. The summed E-state index contributed by atoms with van der Waals surface area (Å²) in [5.74, 6) is 0.222. The molecule has 25 heavy (non-hydrogen) atoms. The summed E-state index contributed by atoms with van der Waals surface area (Å²) in [6.45, 7) is 0. The highest BCUT2D eigenvalue weighted by molar-refractivity contribution is 7.99. The third kappa shape index (κ3) is 3.19. The predicted molar refractivity (Wildman–Crippen MR) is 92.4 cm³/mol. The maximum atomic E-state index is 12.0. The van der Waals surface area contributed by atoms with Gasteiger partial charge in [0.2, 0.25) is 17.0 Å². The van der Waals surface area contributed by atoms with Crippen molar-refractivity contribution in [3.05, 3.63) is 48.8 Å². The Balaban J connectivity index is 1.55. The average Bonchev–Trinajstić information content (AvgIpc) is 3.31. The molecule has 4 rings (SSSR count). The Morgan fingerprint density at radius 3 is 2.96 bits per heavy atom. The van der Waals surface area contributed by atoms with E-state index in [1.165, 1.54) is 18.1 Å². The molecule has 2 aromatic heterocycles. The van der Waals surface area contributed by atoms with E-state index in [-0.39, 0.29) is 11.7 Å². The third-order valence-electron chi connectivity index (χ3n) is 3.44. The molecule has 0 bridgehead atoms. The lowest BCUT2D eigenvalue weighted by Gasteiger charge is -2.07. The fourth-order valence-electron chi connectivity index (χ4n) is 2.38. The van der Waals surface area contributed by atoms with Crippen molar-refractivity contribution in [2.24, 2.45) is 0 Å². The van der Waals surface area contributed by atoms with Crippen LogP contribution in [0.5, 0.6) is 0 Å². The van der Waals surface area contributed by atoms with Gasteiger partial charge in [0.15, 0.2) is 0 Å². The number of hydrogen-bond acceptors (Lipinski definition) is 7. The predicted octanol–water partition coefficient (Wildman–Crippen LogP) is 1.66. The van der Waals surface area contributed by atoms with Crippen molar-refractivity contribution in [1.82, 2.24) is 35.4 Å². The highest BCUT2D eigenvalue weighted by Crippen LogP contribution is 2.25. The van der Waals surface area contributed by atoms with Crippen LogP contribution < -0.4 is 5.32 Å². The van der Waals surface area contributed by atoms with Crippen molar-refractivity contribution in [3.8, 4) is 5.69 Å². The van der Waals surface area contributed by atoms with Crippen molar-refractivity contribution >= 4 is 34.4 Å². The van der Waals surface area contributed by atoms with Crippen LogP contribution in [0.4, 0.5) is 5.95 Å². The Labute approximate surface area is 145 Å². The SMILES string of the molecule is O=C(CSc1nnnn1-c1cccc2ccccc12)Nc1ncn[nH]1. The fraction of sp³-hybridized carbons (Fsp3) is 0.0667. The summed E-state index contributed by atoms with van der Waals surface area (Å²) in [4.78, 5) is 15.8. The second kappa shape index (κ2) is 6.69. The molecule has 9 nitrogen and oxygen atoms in total. The number of fused-ring (bicyclic) bond motifs is 1. The molecule has 4 aromatic rings. The summed E-state index contributed by atoms with van der Waals surface area (Å²) in [6, 6.07) is 13.9. The minimum absolute atomic E-state index is 0.145. The molecule has 0 aliphatic heterocycles. The summed E-state index contributed by atoms with van der Waals surface area (Å²) in [5.41, 5.74) is 0.862. The number of aromatic nitrogens is 7. The summed E-state index contributed by atoms with van der Waals surface area (Å²) in [7, 11) is 0. The van der Waals surface area contributed by atoms with Crippen molar-refractivity contribution in [2.45, 2.75) is 5.16 Å². The van der Waals surface area contributed by atoms with Crippen LogP contribution in [-0.4, -0.2) is 47.0 Å². The van der Waals surface area contributed by atoms with Gasteiger partial charge in [-0.25, -0.2) is 5.10 Å². The Kier molecular flexibility index (Phi) is 4.09. The molecule has 0 spiro atoms. The molecule has 1 amide bonds. The van der Waals surface area contributed by atoms with Crippen molar-refractivity contribution in [2.75, 3.05) is 11.1 Å². The highest BCUT2D eigenvalue weighted by atomic mass is 32.2. The molecule has 2 aromatic carbocycles. The number of nitrogens with one attached hydrogen (secondary N) is 2. The van der Waals surface area contributed by atoms with Crippen LogP contribution in [0, 0.1) is 0 Å². The molecule has 2 heterocycles. The molecule has 10 heteroatoms. The van der Waals surface area contributed by atoms with Gasteiger partial charge in [-0.15, -0.1) is 5.10 Å². The van der Waals surface area contributed by atoms with Crippen molar-refractivity contribution in [3.63, 3.8) is 0 Å². The van der Waals surface area contributed by atoms with Crippen LogP contribution in [0.2, 0.25) is 0 Å². The second-order valence-electron chi connectivity index (χ2n) is 5.04. The minimum Gasteiger partial charge on any atom is -0.294 e. The molecule has 0 atom stereocenters. The molecular weight excluding hydrogens is 340 g/mol. The van der Waals surface area contributed by atoms with E-state index in [0.717, 1.165) is 16.5 Å². The monoisotopic (exact) mass is 352 g/mol. The number of thioether (sulfide) groups is 1. The van der Waals surface area contributed by atoms with E-state index >= 15 is 0 Å². The first kappa shape index (κ1) is 15.3. The molecular formula is C15H12N8OS. The summed E-state index contributed by atoms with van der Waals surface area (Å²) in [6.07, 6.45) is 1.32. The molecule has 124 valence electrons. The number of hydrogen-bond donors (Lipinski definition) is 2. The second-order valence-corrected chi connectivity index (χ2v) is 5.98. The largest absolute Gasteiger partial charge is 0.294 e. The zero-order chi connectivity index (χ0) is 17.1. The number of anilines is 1. The highest BCUT2D eigenvalue weighted by Gasteiger charge is 2.14. The number of carbonyl (C=O) groups is 1. The molecule has 0 saturated carbocycles. The van der Waals surface area contributed by atoms with Gasteiger partial charge in [0, 0.05) is 5.39 Å². The normalized spacial score (nSPS) is 10.9. The standard InChI is InChI=1S/C15H12N8OS/c24-13(18-14-16-9-17-19-14)8-25-15-20-21-22-23(15)12-7-3-5-10-4-1-2-6-11(10)12/h1-7,9H,8H2,(H2,16,17,18,19,24). The number of carbonyl (C=O) groups excluding carboxylic acids is 1. The lowest BCUT2D eigenvalue weighted by Crippen LogP contribution is -2.15. The Bertz CT molecular complexity index is 1010. The Hall–Kier alpha value is -3.27. The molecule has 0 radical (unpaired) electrons.